The summed E-state index contributed by atoms with van der Waals surface area (Å²) >= 11 is 0. The van der Waals surface area contributed by atoms with Gasteiger partial charge in [0.15, 0.2) is 0 Å². The summed E-state index contributed by atoms with van der Waals surface area (Å²) in [5.74, 6) is -1.29. The monoisotopic (exact) mass is 267 g/mol. The summed E-state index contributed by atoms with van der Waals surface area (Å²) in [6.07, 6.45) is 0. The molecule has 0 atom stereocenters. The Kier molecular flexibility index (Phi) is 6.14. The Morgan fingerprint density at radius 1 is 1.47 bits per heavy atom. The number of carboxylic acid groups (broad SMARTS) is 1. The van der Waals surface area contributed by atoms with Crippen LogP contribution in [0.5, 0.6) is 0 Å². The molecule has 1 aromatic rings. The van der Waals surface area contributed by atoms with Crippen molar-refractivity contribution in [2.75, 3.05) is 11.9 Å². The number of nitrogens with one attached hydrogen (secondary N) is 1. The fraction of sp³-hybridized carbons (Fsp3) is 0.222. The second-order valence-corrected chi connectivity index (χ2v) is 4.38. The van der Waals surface area contributed by atoms with Crippen molar-refractivity contribution in [2.24, 2.45) is 0 Å². The van der Waals surface area contributed by atoms with Crippen molar-refractivity contribution >= 4 is 21.8 Å². The van der Waals surface area contributed by atoms with Crippen LogP contribution in [0.1, 0.15) is 17.3 Å². The van der Waals surface area contributed by atoms with Gasteiger partial charge >= 0.3 is 35.5 Å². The second-order valence-electron chi connectivity index (χ2n) is 3.00. The standard InChI is InChI=1S/C9H11NO5S.Na/c1-2-10-8-4-3-6(16(13,14)15)5-7(8)9(11)12;/h3-5,10H,2H2,1H3,(H,11,12)(H,13,14,15);/q;+1/p-1. The average Bonchev–Trinajstić information content (AvgIpc) is 2.16. The fourth-order valence-corrected chi connectivity index (χ4v) is 1.70. The van der Waals surface area contributed by atoms with Crippen LogP contribution in [-0.2, 0) is 10.1 Å². The predicted molar refractivity (Wildman–Crippen MR) is 55.5 cm³/mol. The number of hydrogen-bond acceptors (Lipinski definition) is 5. The minimum absolute atomic E-state index is 0. The van der Waals surface area contributed by atoms with Crippen LogP contribution in [0.4, 0.5) is 5.69 Å². The number of anilines is 1. The van der Waals surface area contributed by atoms with E-state index >= 15 is 0 Å². The van der Waals surface area contributed by atoms with Crippen LogP contribution >= 0.6 is 0 Å². The molecule has 2 N–H and O–H groups in total. The van der Waals surface area contributed by atoms with Gasteiger partial charge in [-0.25, -0.2) is 13.2 Å². The first-order valence-corrected chi connectivity index (χ1v) is 5.84. The van der Waals surface area contributed by atoms with Gasteiger partial charge in [-0.1, -0.05) is 0 Å². The van der Waals surface area contributed by atoms with E-state index in [1.165, 1.54) is 6.07 Å². The number of carboxylic acids is 1. The molecule has 1 rings (SSSR count). The van der Waals surface area contributed by atoms with Gasteiger partial charge < -0.3 is 15.0 Å². The van der Waals surface area contributed by atoms with Crippen molar-refractivity contribution in [3.05, 3.63) is 23.8 Å². The van der Waals surface area contributed by atoms with E-state index in [1.54, 1.807) is 6.92 Å². The zero-order valence-corrected chi connectivity index (χ0v) is 12.2. The zero-order chi connectivity index (χ0) is 12.3. The molecule has 0 aliphatic carbocycles. The summed E-state index contributed by atoms with van der Waals surface area (Å²) in [7, 11) is -4.63. The minimum Gasteiger partial charge on any atom is -0.744 e. The van der Waals surface area contributed by atoms with Crippen LogP contribution in [0.2, 0.25) is 0 Å². The first kappa shape index (κ1) is 16.4. The quantitative estimate of drug-likeness (QED) is 0.470. The molecule has 0 radical (unpaired) electrons. The number of benzene rings is 1. The first-order valence-electron chi connectivity index (χ1n) is 4.43. The maximum atomic E-state index is 10.8. The van der Waals surface area contributed by atoms with Crippen LogP contribution in [-0.4, -0.2) is 30.6 Å². The Balaban J connectivity index is 0.00000256. The largest absolute Gasteiger partial charge is 1.00 e. The molecule has 0 heterocycles. The maximum Gasteiger partial charge on any atom is 1.00 e. The van der Waals surface area contributed by atoms with Crippen molar-refractivity contribution in [1.82, 2.24) is 0 Å². The van der Waals surface area contributed by atoms with Gasteiger partial charge in [-0.2, -0.15) is 0 Å². The number of carbonyl (C=O) groups is 1. The van der Waals surface area contributed by atoms with Gasteiger partial charge in [0.25, 0.3) is 0 Å². The summed E-state index contributed by atoms with van der Waals surface area (Å²) in [6.45, 7) is 2.26. The van der Waals surface area contributed by atoms with Crippen LogP contribution in [0.25, 0.3) is 0 Å². The van der Waals surface area contributed by atoms with Crippen molar-refractivity contribution < 1.29 is 52.4 Å². The van der Waals surface area contributed by atoms with Crippen LogP contribution in [0.15, 0.2) is 23.1 Å². The van der Waals surface area contributed by atoms with E-state index in [2.05, 4.69) is 5.32 Å². The number of rotatable bonds is 4. The molecule has 0 unspecified atom stereocenters. The fourth-order valence-electron chi connectivity index (χ4n) is 1.20. The third-order valence-electron chi connectivity index (χ3n) is 1.88. The molecule has 0 bridgehead atoms. The summed E-state index contributed by atoms with van der Waals surface area (Å²) in [4.78, 5) is 10.3. The van der Waals surface area contributed by atoms with E-state index in [1.807, 2.05) is 0 Å². The Morgan fingerprint density at radius 3 is 2.47 bits per heavy atom. The molecule has 88 valence electrons. The Hall–Kier alpha value is -0.600. The van der Waals surface area contributed by atoms with Crippen LogP contribution in [0, 0.1) is 0 Å². The van der Waals surface area contributed by atoms with Crippen LogP contribution < -0.4 is 34.9 Å². The summed E-state index contributed by atoms with van der Waals surface area (Å²) < 4.78 is 32.1. The molecular weight excluding hydrogens is 257 g/mol. The molecule has 8 heteroatoms. The molecule has 0 aliphatic rings. The van der Waals surface area contributed by atoms with E-state index in [0.29, 0.717) is 6.54 Å². The first-order chi connectivity index (χ1) is 7.36. The Labute approximate surface area is 121 Å². The van der Waals surface area contributed by atoms with Crippen molar-refractivity contribution in [3.63, 3.8) is 0 Å². The van der Waals surface area contributed by atoms with Gasteiger partial charge in [0.2, 0.25) is 0 Å². The van der Waals surface area contributed by atoms with Gasteiger partial charge in [-0.15, -0.1) is 0 Å². The van der Waals surface area contributed by atoms with Gasteiger partial charge in [0, 0.05) is 12.2 Å². The number of hydrogen-bond donors (Lipinski definition) is 2. The molecular formula is C9H10NNaO5S. The Bertz CT molecular complexity index is 514. The smallest absolute Gasteiger partial charge is 0.744 e. The summed E-state index contributed by atoms with van der Waals surface area (Å²) in [6, 6.07) is 3.19. The van der Waals surface area contributed by atoms with Crippen molar-refractivity contribution in [3.8, 4) is 0 Å². The van der Waals surface area contributed by atoms with Crippen molar-refractivity contribution in [2.45, 2.75) is 11.8 Å². The second kappa shape index (κ2) is 6.36. The minimum atomic E-state index is -4.63. The third-order valence-corrected chi connectivity index (χ3v) is 2.71. The SMILES string of the molecule is CCNc1ccc(S(=O)(=O)[O-])cc1C(=O)O.[Na+]. The predicted octanol–water partition coefficient (Wildman–Crippen LogP) is -2.28. The molecule has 0 spiro atoms. The molecule has 0 saturated heterocycles. The third kappa shape index (κ3) is 4.29. The average molecular weight is 267 g/mol. The van der Waals surface area contributed by atoms with E-state index < -0.39 is 21.0 Å². The zero-order valence-electron chi connectivity index (χ0n) is 9.43. The van der Waals surface area contributed by atoms with E-state index in [9.17, 15) is 17.8 Å². The Morgan fingerprint density at radius 2 is 2.06 bits per heavy atom. The van der Waals surface area contributed by atoms with E-state index in [4.69, 9.17) is 5.11 Å². The molecule has 0 fully saturated rings. The normalized spacial score (nSPS) is 10.5. The van der Waals surface area contributed by atoms with E-state index in [0.717, 1.165) is 12.1 Å². The summed E-state index contributed by atoms with van der Waals surface area (Å²) in [5.41, 5.74) is 0.0428. The van der Waals surface area contributed by atoms with Gasteiger partial charge in [-0.05, 0) is 25.1 Å². The molecule has 6 nitrogen and oxygen atoms in total. The van der Waals surface area contributed by atoms with E-state index in [-0.39, 0.29) is 40.8 Å². The van der Waals surface area contributed by atoms with Crippen molar-refractivity contribution in [1.29, 1.82) is 0 Å². The van der Waals surface area contributed by atoms with Gasteiger partial charge in [0.1, 0.15) is 10.1 Å². The van der Waals surface area contributed by atoms with Gasteiger partial charge in [-0.3, -0.25) is 0 Å². The topological polar surface area (TPSA) is 107 Å². The number of aromatic carboxylic acids is 1. The van der Waals surface area contributed by atoms with Gasteiger partial charge in [0.05, 0.1) is 10.5 Å². The molecule has 0 saturated carbocycles. The molecule has 0 aliphatic heterocycles. The molecule has 17 heavy (non-hydrogen) atoms. The summed E-state index contributed by atoms with van der Waals surface area (Å²) in [5, 5.41) is 11.6. The maximum absolute atomic E-state index is 10.8. The van der Waals surface area contributed by atoms with Crippen LogP contribution in [0.3, 0.4) is 0 Å². The molecule has 0 aromatic heterocycles. The molecule has 0 amide bonds. The molecule has 1 aromatic carbocycles.